The van der Waals surface area contributed by atoms with E-state index in [0.29, 0.717) is 12.1 Å². The first kappa shape index (κ1) is 16.0. The number of carbonyl (C=O) groups excluding carboxylic acids is 1. The number of allylic oxidation sites excluding steroid dienone is 1. The lowest BCUT2D eigenvalue weighted by atomic mass is 10.1. The minimum Gasteiger partial charge on any atom is -0.352 e. The molecule has 0 atom stereocenters. The van der Waals surface area contributed by atoms with E-state index in [9.17, 15) is 10.1 Å². The standard InChI is InChI=1S/C18H18N2OS/c1-2-16-8-9-17(22-16)15(13-19)12-18(21)20-11-10-14-6-4-3-5-7-14/h3-9,12H,2,10-11H2,1H3,(H,20,21)/b15-12-. The third-order valence-corrected chi connectivity index (χ3v) is 4.49. The van der Waals surface area contributed by atoms with Crippen LogP contribution in [0.5, 0.6) is 0 Å². The number of hydrogen-bond acceptors (Lipinski definition) is 3. The number of nitriles is 1. The van der Waals surface area contributed by atoms with E-state index in [0.717, 1.165) is 17.7 Å². The van der Waals surface area contributed by atoms with Gasteiger partial charge in [0.15, 0.2) is 0 Å². The Morgan fingerprint density at radius 2 is 2.05 bits per heavy atom. The predicted molar refractivity (Wildman–Crippen MR) is 90.4 cm³/mol. The molecule has 0 aliphatic carbocycles. The van der Waals surface area contributed by atoms with Crippen molar-refractivity contribution in [1.29, 1.82) is 5.26 Å². The van der Waals surface area contributed by atoms with E-state index in [2.05, 4.69) is 18.3 Å². The van der Waals surface area contributed by atoms with Crippen molar-refractivity contribution >= 4 is 22.8 Å². The molecule has 0 aliphatic heterocycles. The molecule has 4 heteroatoms. The van der Waals surface area contributed by atoms with Crippen LogP contribution in [0.1, 0.15) is 22.2 Å². The molecule has 2 rings (SSSR count). The Bertz CT molecular complexity index is 695. The second-order valence-electron chi connectivity index (χ2n) is 4.82. The second kappa shape index (κ2) is 8.16. The molecule has 3 nitrogen and oxygen atoms in total. The van der Waals surface area contributed by atoms with Crippen LogP contribution in [-0.2, 0) is 17.6 Å². The van der Waals surface area contributed by atoms with Crippen molar-refractivity contribution in [2.45, 2.75) is 19.8 Å². The molecule has 1 heterocycles. The first-order chi connectivity index (χ1) is 10.7. The van der Waals surface area contributed by atoms with Crippen molar-refractivity contribution in [3.63, 3.8) is 0 Å². The van der Waals surface area contributed by atoms with Gasteiger partial charge in [-0.05, 0) is 30.5 Å². The van der Waals surface area contributed by atoms with E-state index in [4.69, 9.17) is 0 Å². The van der Waals surface area contributed by atoms with Crippen LogP contribution in [0.2, 0.25) is 0 Å². The summed E-state index contributed by atoms with van der Waals surface area (Å²) in [5.41, 5.74) is 1.60. The van der Waals surface area contributed by atoms with Crippen LogP contribution in [0.25, 0.3) is 5.57 Å². The maximum Gasteiger partial charge on any atom is 0.245 e. The number of carbonyl (C=O) groups is 1. The Kier molecular flexibility index (Phi) is 5.93. The highest BCUT2D eigenvalue weighted by Gasteiger charge is 2.07. The maximum absolute atomic E-state index is 11.9. The van der Waals surface area contributed by atoms with Crippen molar-refractivity contribution in [2.75, 3.05) is 6.54 Å². The van der Waals surface area contributed by atoms with Gasteiger partial charge >= 0.3 is 0 Å². The molecule has 0 fully saturated rings. The van der Waals surface area contributed by atoms with E-state index in [1.165, 1.54) is 16.5 Å². The van der Waals surface area contributed by atoms with Crippen LogP contribution >= 0.6 is 11.3 Å². The van der Waals surface area contributed by atoms with E-state index >= 15 is 0 Å². The lowest BCUT2D eigenvalue weighted by molar-refractivity contribution is -0.116. The quantitative estimate of drug-likeness (QED) is 0.655. The van der Waals surface area contributed by atoms with Crippen LogP contribution in [0, 0.1) is 11.3 Å². The fourth-order valence-corrected chi connectivity index (χ4v) is 2.94. The fourth-order valence-electron chi connectivity index (χ4n) is 2.03. The van der Waals surface area contributed by atoms with Gasteiger partial charge in [-0.3, -0.25) is 4.79 Å². The van der Waals surface area contributed by atoms with Gasteiger partial charge in [0.2, 0.25) is 5.91 Å². The van der Waals surface area contributed by atoms with Gasteiger partial charge in [0.1, 0.15) is 6.07 Å². The molecular formula is C18H18N2OS. The van der Waals surface area contributed by atoms with Gasteiger partial charge in [-0.2, -0.15) is 5.26 Å². The summed E-state index contributed by atoms with van der Waals surface area (Å²) in [6, 6.07) is 16.0. The number of nitrogens with zero attached hydrogens (tertiary/aromatic N) is 1. The summed E-state index contributed by atoms with van der Waals surface area (Å²) in [6.07, 6.45) is 3.10. The Hall–Kier alpha value is -2.38. The summed E-state index contributed by atoms with van der Waals surface area (Å²) >= 11 is 1.56. The number of nitrogens with one attached hydrogen (secondary N) is 1. The number of benzene rings is 1. The first-order valence-corrected chi connectivity index (χ1v) is 8.07. The number of aryl methyl sites for hydroxylation is 1. The lowest BCUT2D eigenvalue weighted by Gasteiger charge is -2.03. The third kappa shape index (κ3) is 4.57. The molecule has 0 radical (unpaired) electrons. The van der Waals surface area contributed by atoms with Crippen LogP contribution in [0.3, 0.4) is 0 Å². The van der Waals surface area contributed by atoms with Gasteiger partial charge in [-0.25, -0.2) is 0 Å². The molecular weight excluding hydrogens is 292 g/mol. The van der Waals surface area contributed by atoms with Crippen LogP contribution in [0.4, 0.5) is 0 Å². The van der Waals surface area contributed by atoms with Crippen molar-refractivity contribution < 1.29 is 4.79 Å². The highest BCUT2D eigenvalue weighted by molar-refractivity contribution is 7.13. The Balaban J connectivity index is 1.92. The Morgan fingerprint density at radius 1 is 1.27 bits per heavy atom. The van der Waals surface area contributed by atoms with Gasteiger partial charge < -0.3 is 5.32 Å². The van der Waals surface area contributed by atoms with E-state index in [1.807, 2.05) is 42.5 Å². The smallest absolute Gasteiger partial charge is 0.245 e. The Labute approximate surface area is 134 Å². The van der Waals surface area contributed by atoms with Crippen molar-refractivity contribution in [3.8, 4) is 6.07 Å². The maximum atomic E-state index is 11.9. The third-order valence-electron chi connectivity index (χ3n) is 3.23. The molecule has 0 unspecified atom stereocenters. The average molecular weight is 310 g/mol. The van der Waals surface area contributed by atoms with Crippen molar-refractivity contribution in [2.24, 2.45) is 0 Å². The molecule has 0 aliphatic rings. The fraction of sp³-hybridized carbons (Fsp3) is 0.222. The molecule has 0 saturated carbocycles. The normalized spacial score (nSPS) is 11.0. The molecule has 0 saturated heterocycles. The number of rotatable bonds is 6. The largest absolute Gasteiger partial charge is 0.352 e. The topological polar surface area (TPSA) is 52.9 Å². The molecule has 112 valence electrons. The van der Waals surface area contributed by atoms with E-state index < -0.39 is 0 Å². The molecule has 0 bridgehead atoms. The number of hydrogen-bond donors (Lipinski definition) is 1. The number of amides is 1. The van der Waals surface area contributed by atoms with Crippen molar-refractivity contribution in [3.05, 3.63) is 63.9 Å². The minimum atomic E-state index is -0.223. The molecule has 2 aromatic rings. The van der Waals surface area contributed by atoms with Crippen molar-refractivity contribution in [1.82, 2.24) is 5.32 Å². The summed E-state index contributed by atoms with van der Waals surface area (Å²) < 4.78 is 0. The average Bonchev–Trinajstić information content (AvgIpc) is 3.02. The zero-order valence-electron chi connectivity index (χ0n) is 12.5. The molecule has 0 spiro atoms. The molecule has 1 aromatic carbocycles. The van der Waals surface area contributed by atoms with Crippen LogP contribution in [0.15, 0.2) is 48.5 Å². The number of thiophene rings is 1. The monoisotopic (exact) mass is 310 g/mol. The Morgan fingerprint density at radius 3 is 2.68 bits per heavy atom. The van der Waals surface area contributed by atoms with Gasteiger partial charge in [0, 0.05) is 22.4 Å². The zero-order valence-corrected chi connectivity index (χ0v) is 13.3. The summed E-state index contributed by atoms with van der Waals surface area (Å²) in [6.45, 7) is 2.63. The highest BCUT2D eigenvalue weighted by atomic mass is 32.1. The van der Waals surface area contributed by atoms with E-state index in [-0.39, 0.29) is 5.91 Å². The van der Waals surface area contributed by atoms with Crippen LogP contribution < -0.4 is 5.32 Å². The van der Waals surface area contributed by atoms with Crippen LogP contribution in [-0.4, -0.2) is 12.5 Å². The summed E-state index contributed by atoms with van der Waals surface area (Å²) in [7, 11) is 0. The molecule has 22 heavy (non-hydrogen) atoms. The zero-order chi connectivity index (χ0) is 15.8. The minimum absolute atomic E-state index is 0.223. The lowest BCUT2D eigenvalue weighted by Crippen LogP contribution is -2.23. The van der Waals surface area contributed by atoms with E-state index in [1.54, 1.807) is 11.3 Å². The highest BCUT2D eigenvalue weighted by Crippen LogP contribution is 2.24. The van der Waals surface area contributed by atoms with Gasteiger partial charge in [0.05, 0.1) is 5.57 Å². The summed E-state index contributed by atoms with van der Waals surface area (Å²) in [5, 5.41) is 12.0. The first-order valence-electron chi connectivity index (χ1n) is 7.25. The molecule has 1 amide bonds. The predicted octanol–water partition coefficient (Wildman–Crippen LogP) is 3.58. The van der Waals surface area contributed by atoms with Gasteiger partial charge in [-0.15, -0.1) is 11.3 Å². The SMILES string of the molecule is CCc1ccc(/C(C#N)=C\C(=O)NCCc2ccccc2)s1. The molecule has 1 aromatic heterocycles. The second-order valence-corrected chi connectivity index (χ2v) is 5.98. The van der Waals surface area contributed by atoms with Gasteiger partial charge in [0.25, 0.3) is 0 Å². The molecule has 1 N–H and O–H groups in total. The summed E-state index contributed by atoms with van der Waals surface area (Å²) in [5.74, 6) is -0.223. The van der Waals surface area contributed by atoms with Gasteiger partial charge in [-0.1, -0.05) is 37.3 Å². The summed E-state index contributed by atoms with van der Waals surface area (Å²) in [4.78, 5) is 14.0.